The third-order valence-corrected chi connectivity index (χ3v) is 6.97. The van der Waals surface area contributed by atoms with E-state index in [9.17, 15) is 31.7 Å². The first-order valence-electron chi connectivity index (χ1n) is 11.9. The molecule has 9 heteroatoms. The minimum Gasteiger partial charge on any atom is -0.762 e. The van der Waals surface area contributed by atoms with Crippen LogP contribution in [0, 0.1) is 56.7 Å². The van der Waals surface area contributed by atoms with Gasteiger partial charge in [0.1, 0.15) is 58.3 Å². The summed E-state index contributed by atoms with van der Waals surface area (Å²) in [4.78, 5) is 0. The summed E-state index contributed by atoms with van der Waals surface area (Å²) in [5.74, 6) is 1.72. The van der Waals surface area contributed by atoms with Gasteiger partial charge >= 0.3 is 0 Å². The Balaban J connectivity index is 2.07. The molecule has 2 aliphatic heterocycles. The molecule has 0 aromatic heterocycles. The van der Waals surface area contributed by atoms with Gasteiger partial charge in [-0.1, -0.05) is 35.9 Å². The second kappa shape index (κ2) is 11.2. The van der Waals surface area contributed by atoms with Crippen LogP contribution in [0.1, 0.15) is 47.0 Å². The Morgan fingerprint density at radius 3 is 2.10 bits per heavy atom. The molecule has 0 saturated heterocycles. The highest BCUT2D eigenvalue weighted by atomic mass is 35.5. The molecule has 39 heavy (non-hydrogen) atoms. The molecule has 192 valence electrons. The normalized spacial score (nSPS) is 21.5. The van der Waals surface area contributed by atoms with Gasteiger partial charge in [-0.3, -0.25) is 0 Å². The van der Waals surface area contributed by atoms with Gasteiger partial charge in [-0.2, -0.15) is 26.3 Å². The monoisotopic (exact) mass is 533 g/mol. The molecule has 3 aliphatic rings. The van der Waals surface area contributed by atoms with Crippen LogP contribution in [-0.4, -0.2) is 17.1 Å². The van der Waals surface area contributed by atoms with Crippen LogP contribution in [0.25, 0.3) is 5.41 Å². The quantitative estimate of drug-likeness (QED) is 0.303. The Bertz CT molecular complexity index is 1620. The molecule has 0 fully saturated rings. The molecule has 0 atom stereocenters. The fraction of sp³-hybridized carbons (Fsp3) is 0.300. The molecule has 0 N–H and O–H groups in total. The fourth-order valence-electron chi connectivity index (χ4n) is 4.54. The van der Waals surface area contributed by atoms with Gasteiger partial charge in [0, 0.05) is 16.2 Å². The Hall–Kier alpha value is -5.03. The summed E-state index contributed by atoms with van der Waals surface area (Å²) in [6, 6.07) is 9.44. The van der Waals surface area contributed by atoms with Crippen LogP contribution in [0.4, 0.5) is 0 Å². The van der Waals surface area contributed by atoms with E-state index in [-0.39, 0.29) is 33.8 Å². The number of halogens is 1. The molecule has 8 nitrogen and oxygen atoms in total. The van der Waals surface area contributed by atoms with Crippen molar-refractivity contribution in [2.24, 2.45) is 0 Å². The molecular weight excluding hydrogens is 512 g/mol. The molecule has 0 saturated carbocycles. The van der Waals surface area contributed by atoms with E-state index in [1.165, 1.54) is 0 Å². The van der Waals surface area contributed by atoms with Crippen LogP contribution in [0.5, 0.6) is 0 Å². The van der Waals surface area contributed by atoms with Crippen molar-refractivity contribution in [1.82, 2.24) is 0 Å². The van der Waals surface area contributed by atoms with E-state index in [2.05, 4.69) is 12.1 Å². The number of nitriles is 5. The molecule has 0 bridgehead atoms. The van der Waals surface area contributed by atoms with Gasteiger partial charge in [0.15, 0.2) is 17.1 Å². The first kappa shape index (κ1) is 28.5. The molecule has 3 rings (SSSR count). The smallest absolute Gasteiger partial charge is 0.172 e. The maximum atomic E-state index is 9.75. The van der Waals surface area contributed by atoms with Crippen molar-refractivity contribution < 1.29 is 9.47 Å². The molecule has 1 aliphatic carbocycles. The van der Waals surface area contributed by atoms with Crippen molar-refractivity contribution in [3.05, 3.63) is 90.8 Å². The zero-order chi connectivity index (χ0) is 29.0. The Morgan fingerprint density at radius 1 is 0.872 bits per heavy atom. The molecule has 2 heterocycles. The van der Waals surface area contributed by atoms with Crippen LogP contribution >= 0.6 is 11.6 Å². The molecule has 0 amide bonds. The zero-order valence-electron chi connectivity index (χ0n) is 21.8. The number of ether oxygens (including phenoxy) is 2. The van der Waals surface area contributed by atoms with Crippen molar-refractivity contribution in [1.29, 1.82) is 26.3 Å². The van der Waals surface area contributed by atoms with E-state index < -0.39 is 11.2 Å². The maximum Gasteiger partial charge on any atom is 0.172 e. The summed E-state index contributed by atoms with van der Waals surface area (Å²) in [5.41, 5.74) is 0.569. The summed E-state index contributed by atoms with van der Waals surface area (Å²) in [5, 5.41) is 57.1. The molecule has 0 unspecified atom stereocenters. The predicted molar refractivity (Wildman–Crippen MR) is 143 cm³/mol. The molecule has 0 spiro atoms. The summed E-state index contributed by atoms with van der Waals surface area (Å²) in [6.45, 7) is 7.00. The largest absolute Gasteiger partial charge is 0.762 e. The third-order valence-electron chi connectivity index (χ3n) is 6.49. The summed E-state index contributed by atoms with van der Waals surface area (Å²) in [7, 11) is 0. The Kier molecular flexibility index (Phi) is 8.16. The van der Waals surface area contributed by atoms with Gasteiger partial charge in [-0.25, -0.2) is 5.87 Å². The number of rotatable bonds is 4. The lowest BCUT2D eigenvalue weighted by Gasteiger charge is -2.22. The van der Waals surface area contributed by atoms with E-state index >= 15 is 0 Å². The van der Waals surface area contributed by atoms with Crippen molar-refractivity contribution in [2.45, 2.75) is 58.2 Å². The molecule has 0 aromatic carbocycles. The minimum absolute atomic E-state index is 0.0293. The number of hydrogen-bond donors (Lipinski definition) is 0. The molecule has 0 radical (unpaired) electrons. The second-order valence-corrected chi connectivity index (χ2v) is 10.1. The van der Waals surface area contributed by atoms with Crippen LogP contribution in [0.15, 0.2) is 85.4 Å². The lowest BCUT2D eigenvalue weighted by Crippen LogP contribution is -2.21. The second-order valence-electron chi connectivity index (χ2n) is 9.77. The van der Waals surface area contributed by atoms with E-state index in [4.69, 9.17) is 21.1 Å². The van der Waals surface area contributed by atoms with Gasteiger partial charge < -0.3 is 14.9 Å². The summed E-state index contributed by atoms with van der Waals surface area (Å²) in [6.07, 6.45) is 9.27. The standard InChI is InChI=1S/C30H22ClN6O2/c1-29(2)24(22(16-36)27(38-29)20(12-32)13-33)10-8-18-6-5-7-19(26(18)31)9-11-25-23(17-37)28(21(14-34)15-35)39-30(25,3)4/h8-11H,5-7H2,1-4H3/q-1/b10-8+,19-9-,25-11-. The SMILES string of the molecule is CC1(C)OC(=C(C#N)C#N)C(C#N)=C1/C=C/C1=C(Cl)C(=C\C=C2\C(C#N)=C(C(=C=[N-])C#N)OC2(C)C)/CCC1. The number of allylic oxidation sites excluding steroid dienone is 9. The van der Waals surface area contributed by atoms with Gasteiger partial charge in [0.25, 0.3) is 0 Å². The van der Waals surface area contributed by atoms with E-state index in [0.29, 0.717) is 29.0 Å². The van der Waals surface area contributed by atoms with Crippen LogP contribution in [0.3, 0.4) is 0 Å². The highest BCUT2D eigenvalue weighted by molar-refractivity contribution is 6.32. The van der Waals surface area contributed by atoms with E-state index in [1.54, 1.807) is 63.9 Å². The summed E-state index contributed by atoms with van der Waals surface area (Å²) >= 11 is 6.77. The average molecular weight is 534 g/mol. The van der Waals surface area contributed by atoms with Crippen LogP contribution in [-0.2, 0) is 9.47 Å². The highest BCUT2D eigenvalue weighted by Crippen LogP contribution is 2.43. The van der Waals surface area contributed by atoms with Crippen LogP contribution in [0.2, 0.25) is 0 Å². The van der Waals surface area contributed by atoms with Crippen molar-refractivity contribution in [2.75, 3.05) is 0 Å². The Labute approximate surface area is 232 Å². The maximum absolute atomic E-state index is 9.75. The minimum atomic E-state index is -0.935. The number of nitrogens with zero attached hydrogens (tertiary/aromatic N) is 6. The average Bonchev–Trinajstić information content (AvgIpc) is 3.31. The number of hydrogen-bond acceptors (Lipinski definition) is 7. The van der Waals surface area contributed by atoms with Crippen LogP contribution < -0.4 is 0 Å². The molecular formula is C30H22ClN6O2-. The lowest BCUT2D eigenvalue weighted by molar-refractivity contribution is 0.0950. The topological polar surface area (TPSA) is 160 Å². The van der Waals surface area contributed by atoms with Gasteiger partial charge in [-0.15, -0.1) is 0 Å². The lowest BCUT2D eigenvalue weighted by atomic mass is 9.89. The van der Waals surface area contributed by atoms with Gasteiger partial charge in [-0.05, 0) is 58.1 Å². The first-order chi connectivity index (χ1) is 18.5. The van der Waals surface area contributed by atoms with Gasteiger partial charge in [0.05, 0.1) is 0 Å². The van der Waals surface area contributed by atoms with E-state index in [0.717, 1.165) is 17.6 Å². The van der Waals surface area contributed by atoms with E-state index in [1.807, 2.05) is 12.2 Å². The predicted octanol–water partition coefficient (Wildman–Crippen LogP) is 6.28. The zero-order valence-corrected chi connectivity index (χ0v) is 22.6. The van der Waals surface area contributed by atoms with Crippen molar-refractivity contribution >= 4 is 17.5 Å². The first-order valence-corrected chi connectivity index (χ1v) is 12.3. The Morgan fingerprint density at radius 2 is 1.54 bits per heavy atom. The van der Waals surface area contributed by atoms with Gasteiger partial charge in [0.2, 0.25) is 0 Å². The molecule has 0 aromatic rings. The fourth-order valence-corrected chi connectivity index (χ4v) is 4.86. The summed E-state index contributed by atoms with van der Waals surface area (Å²) < 4.78 is 11.6. The highest BCUT2D eigenvalue weighted by Gasteiger charge is 2.40. The third kappa shape index (κ3) is 5.34. The van der Waals surface area contributed by atoms with Crippen molar-refractivity contribution in [3.8, 4) is 30.3 Å². The van der Waals surface area contributed by atoms with Crippen molar-refractivity contribution in [3.63, 3.8) is 0 Å².